The Morgan fingerprint density at radius 2 is 1.58 bits per heavy atom. The van der Waals surface area contributed by atoms with Crippen LogP contribution in [0.25, 0.3) is 22.2 Å². The van der Waals surface area contributed by atoms with Crippen LogP contribution in [0, 0.1) is 0 Å². The molecule has 5 rings (SSSR count). The van der Waals surface area contributed by atoms with Crippen molar-refractivity contribution in [1.82, 2.24) is 15.4 Å². The van der Waals surface area contributed by atoms with Gasteiger partial charge in [0.1, 0.15) is 17.6 Å². The van der Waals surface area contributed by atoms with Gasteiger partial charge in [0.25, 0.3) is 0 Å². The monoisotopic (exact) mass is 341 g/mol. The molecule has 4 aromatic rings. The molecule has 1 heterocycles. The van der Waals surface area contributed by atoms with E-state index in [9.17, 15) is 4.79 Å². The van der Waals surface area contributed by atoms with Gasteiger partial charge in [-0.05, 0) is 34.4 Å². The third-order valence-corrected chi connectivity index (χ3v) is 4.91. The van der Waals surface area contributed by atoms with E-state index in [0.29, 0.717) is 23.2 Å². The Morgan fingerprint density at radius 3 is 2.31 bits per heavy atom. The Morgan fingerprint density at radius 1 is 0.885 bits per heavy atom. The molecule has 1 N–H and O–H groups in total. The zero-order chi connectivity index (χ0) is 17.5. The summed E-state index contributed by atoms with van der Waals surface area (Å²) in [6.07, 6.45) is 0. The van der Waals surface area contributed by atoms with E-state index in [1.165, 1.54) is 22.3 Å². The molecule has 0 bridgehead atoms. The van der Waals surface area contributed by atoms with Gasteiger partial charge < -0.3 is 4.74 Å². The molecule has 1 aliphatic rings. The van der Waals surface area contributed by atoms with Crippen molar-refractivity contribution in [2.45, 2.75) is 5.92 Å². The molecule has 0 saturated carbocycles. The van der Waals surface area contributed by atoms with Crippen LogP contribution in [0.15, 0.2) is 66.7 Å². The van der Waals surface area contributed by atoms with Gasteiger partial charge in [-0.25, -0.2) is 4.79 Å². The minimum absolute atomic E-state index is 0.0443. The number of para-hydroxylation sites is 1. The molecule has 126 valence electrons. The zero-order valence-corrected chi connectivity index (χ0v) is 13.8. The number of esters is 1. The van der Waals surface area contributed by atoms with Crippen molar-refractivity contribution in [2.75, 3.05) is 6.61 Å². The van der Waals surface area contributed by atoms with Gasteiger partial charge in [-0.3, -0.25) is 0 Å². The van der Waals surface area contributed by atoms with E-state index in [2.05, 4.69) is 39.7 Å². The van der Waals surface area contributed by atoms with Gasteiger partial charge in [-0.1, -0.05) is 54.6 Å². The maximum atomic E-state index is 12.6. The Kier molecular flexibility index (Phi) is 3.31. The summed E-state index contributed by atoms with van der Waals surface area (Å²) in [5, 5.41) is 10.6. The number of nitrogens with zero attached hydrogens (tertiary/aromatic N) is 2. The minimum atomic E-state index is -0.383. The smallest absolute Gasteiger partial charge is 0.340 e. The quantitative estimate of drug-likeness (QED) is 0.573. The van der Waals surface area contributed by atoms with Gasteiger partial charge >= 0.3 is 5.97 Å². The van der Waals surface area contributed by atoms with E-state index in [4.69, 9.17) is 4.74 Å². The summed E-state index contributed by atoms with van der Waals surface area (Å²) in [5.41, 5.74) is 6.42. The first kappa shape index (κ1) is 14.8. The largest absolute Gasteiger partial charge is 0.461 e. The second-order valence-corrected chi connectivity index (χ2v) is 6.32. The molecule has 0 amide bonds. The van der Waals surface area contributed by atoms with Crippen molar-refractivity contribution < 1.29 is 9.53 Å². The molecule has 0 saturated heterocycles. The number of hydrogen-bond donors (Lipinski definition) is 1. The lowest BCUT2D eigenvalue weighted by molar-refractivity contribution is 0.0495. The summed E-state index contributed by atoms with van der Waals surface area (Å²) in [4.78, 5) is 12.6. The Balaban J connectivity index is 1.45. The van der Waals surface area contributed by atoms with Crippen molar-refractivity contribution in [2.24, 2.45) is 0 Å². The van der Waals surface area contributed by atoms with Gasteiger partial charge in [-0.2, -0.15) is 15.4 Å². The van der Waals surface area contributed by atoms with E-state index in [-0.39, 0.29) is 11.9 Å². The first-order chi connectivity index (χ1) is 12.8. The predicted octanol–water partition coefficient (Wildman–Crippen LogP) is 3.93. The number of ether oxygens (including phenoxy) is 1. The fourth-order valence-corrected chi connectivity index (χ4v) is 3.71. The average molecular weight is 341 g/mol. The number of benzene rings is 3. The SMILES string of the molecule is O=C(OCC1c2ccccc2-c2ccccc21)c1cccc2n[nH]nc12. The van der Waals surface area contributed by atoms with Crippen LogP contribution < -0.4 is 0 Å². The molecule has 1 aliphatic carbocycles. The van der Waals surface area contributed by atoms with E-state index in [1.54, 1.807) is 18.2 Å². The lowest BCUT2D eigenvalue weighted by Gasteiger charge is -2.14. The summed E-state index contributed by atoms with van der Waals surface area (Å²) in [5.74, 6) is -0.339. The molecule has 0 aliphatic heterocycles. The summed E-state index contributed by atoms with van der Waals surface area (Å²) in [6.45, 7) is 0.293. The predicted molar refractivity (Wildman–Crippen MR) is 97.9 cm³/mol. The highest BCUT2D eigenvalue weighted by atomic mass is 16.5. The molecule has 0 fully saturated rings. The van der Waals surface area contributed by atoms with Crippen LogP contribution in [0.2, 0.25) is 0 Å². The van der Waals surface area contributed by atoms with Crippen LogP contribution in [0.5, 0.6) is 0 Å². The van der Waals surface area contributed by atoms with Crippen LogP contribution in [0.4, 0.5) is 0 Å². The Labute approximate surface area is 149 Å². The summed E-state index contributed by atoms with van der Waals surface area (Å²) >= 11 is 0. The van der Waals surface area contributed by atoms with Crippen molar-refractivity contribution in [3.63, 3.8) is 0 Å². The normalized spacial score (nSPS) is 12.8. The molecule has 26 heavy (non-hydrogen) atoms. The lowest BCUT2D eigenvalue weighted by atomic mass is 9.98. The standard InChI is InChI=1S/C21H15N3O2/c25-21(17-10-5-11-19-20(17)23-24-22-19)26-12-18-15-8-3-1-6-13(15)14-7-2-4-9-16(14)18/h1-11,18H,12H2,(H,22,23,24). The lowest BCUT2D eigenvalue weighted by Crippen LogP contribution is -2.13. The maximum Gasteiger partial charge on any atom is 0.340 e. The highest BCUT2D eigenvalue weighted by molar-refractivity contribution is 6.01. The summed E-state index contributed by atoms with van der Waals surface area (Å²) in [7, 11) is 0. The van der Waals surface area contributed by atoms with Crippen molar-refractivity contribution in [3.05, 3.63) is 83.4 Å². The second-order valence-electron chi connectivity index (χ2n) is 6.32. The Bertz CT molecular complexity index is 1090. The number of nitrogens with one attached hydrogen (secondary N) is 1. The molecular weight excluding hydrogens is 326 g/mol. The average Bonchev–Trinajstić information content (AvgIpc) is 3.29. The van der Waals surface area contributed by atoms with Crippen molar-refractivity contribution in [1.29, 1.82) is 0 Å². The second kappa shape index (κ2) is 5.81. The van der Waals surface area contributed by atoms with Crippen LogP contribution in [0.3, 0.4) is 0 Å². The number of aromatic nitrogens is 3. The van der Waals surface area contributed by atoms with Gasteiger partial charge in [0.2, 0.25) is 0 Å². The number of carbonyl (C=O) groups is 1. The topological polar surface area (TPSA) is 67.9 Å². The van der Waals surface area contributed by atoms with Crippen LogP contribution in [-0.2, 0) is 4.74 Å². The molecule has 1 aromatic heterocycles. The van der Waals surface area contributed by atoms with Crippen LogP contribution in [0.1, 0.15) is 27.4 Å². The maximum absolute atomic E-state index is 12.6. The summed E-state index contributed by atoms with van der Waals surface area (Å²) < 4.78 is 5.68. The highest BCUT2D eigenvalue weighted by Gasteiger charge is 2.29. The molecule has 3 aromatic carbocycles. The molecule has 5 heteroatoms. The fourth-order valence-electron chi connectivity index (χ4n) is 3.71. The first-order valence-corrected chi connectivity index (χ1v) is 8.48. The van der Waals surface area contributed by atoms with Crippen LogP contribution >= 0.6 is 0 Å². The van der Waals surface area contributed by atoms with E-state index in [0.717, 1.165) is 0 Å². The number of rotatable bonds is 3. The van der Waals surface area contributed by atoms with E-state index < -0.39 is 0 Å². The third kappa shape index (κ3) is 2.21. The molecule has 5 nitrogen and oxygen atoms in total. The van der Waals surface area contributed by atoms with Crippen LogP contribution in [-0.4, -0.2) is 28.0 Å². The number of aromatic amines is 1. The number of H-pyrrole nitrogens is 1. The summed E-state index contributed by atoms with van der Waals surface area (Å²) in [6, 6.07) is 21.9. The first-order valence-electron chi connectivity index (χ1n) is 8.48. The van der Waals surface area contributed by atoms with E-state index in [1.807, 2.05) is 24.3 Å². The molecule has 0 unspecified atom stereocenters. The minimum Gasteiger partial charge on any atom is -0.461 e. The van der Waals surface area contributed by atoms with Gasteiger partial charge in [0.15, 0.2) is 0 Å². The van der Waals surface area contributed by atoms with Crippen molar-refractivity contribution >= 4 is 17.0 Å². The van der Waals surface area contributed by atoms with E-state index >= 15 is 0 Å². The number of hydrogen-bond acceptors (Lipinski definition) is 4. The molecule has 0 radical (unpaired) electrons. The fraction of sp³-hybridized carbons (Fsp3) is 0.0952. The van der Waals surface area contributed by atoms with Gasteiger partial charge in [0, 0.05) is 5.92 Å². The number of fused-ring (bicyclic) bond motifs is 4. The number of carbonyl (C=O) groups excluding carboxylic acids is 1. The molecular formula is C21H15N3O2. The molecule has 0 spiro atoms. The Hall–Kier alpha value is -3.47. The molecule has 0 atom stereocenters. The third-order valence-electron chi connectivity index (χ3n) is 4.91. The van der Waals surface area contributed by atoms with Crippen molar-refractivity contribution in [3.8, 4) is 11.1 Å². The highest BCUT2D eigenvalue weighted by Crippen LogP contribution is 2.44. The van der Waals surface area contributed by atoms with Gasteiger partial charge in [-0.15, -0.1) is 0 Å². The van der Waals surface area contributed by atoms with Gasteiger partial charge in [0.05, 0.1) is 5.56 Å². The zero-order valence-electron chi connectivity index (χ0n) is 13.8.